The smallest absolute Gasteiger partial charge is 0.309 e. The van der Waals surface area contributed by atoms with Crippen molar-refractivity contribution in [3.8, 4) is 11.4 Å². The van der Waals surface area contributed by atoms with E-state index in [4.69, 9.17) is 0 Å². The van der Waals surface area contributed by atoms with Crippen LogP contribution < -0.4 is 5.32 Å². The fourth-order valence-corrected chi connectivity index (χ4v) is 4.46. The second-order valence-corrected chi connectivity index (χ2v) is 8.79. The molecule has 1 aromatic carbocycles. The van der Waals surface area contributed by atoms with E-state index in [0.717, 1.165) is 42.5 Å². The number of tetrazole rings is 1. The van der Waals surface area contributed by atoms with Crippen LogP contribution in [0.1, 0.15) is 56.7 Å². The van der Waals surface area contributed by atoms with Crippen LogP contribution in [0.25, 0.3) is 11.4 Å². The molecule has 1 amide bonds. The first-order valence-electron chi connectivity index (χ1n) is 11.2. The monoisotopic (exact) mass is 459 g/mol. The summed E-state index contributed by atoms with van der Waals surface area (Å²) in [5.74, 6) is 0.229. The Kier molecular flexibility index (Phi) is 5.41. The maximum absolute atomic E-state index is 13.7. The molecule has 3 aromatic rings. The largest absolute Gasteiger partial charge is 0.400 e. The maximum atomic E-state index is 13.7. The molecule has 0 radical (unpaired) electrons. The third-order valence-corrected chi connectivity index (χ3v) is 6.48. The van der Waals surface area contributed by atoms with E-state index in [1.807, 2.05) is 30.3 Å². The van der Waals surface area contributed by atoms with Gasteiger partial charge in [0.2, 0.25) is 11.7 Å². The third-order valence-electron chi connectivity index (χ3n) is 6.48. The van der Waals surface area contributed by atoms with Crippen LogP contribution in [0.3, 0.4) is 0 Å². The van der Waals surface area contributed by atoms with Gasteiger partial charge < -0.3 is 5.32 Å². The summed E-state index contributed by atoms with van der Waals surface area (Å²) in [6.45, 7) is -0.213. The average Bonchev–Trinajstić information content (AvgIpc) is 3.34. The van der Waals surface area contributed by atoms with E-state index in [9.17, 15) is 18.0 Å². The van der Waals surface area contributed by atoms with Crippen LogP contribution in [-0.2, 0) is 16.8 Å². The first kappa shape index (κ1) is 21.6. The molecule has 0 saturated heterocycles. The summed E-state index contributed by atoms with van der Waals surface area (Å²) in [4.78, 5) is 13.9. The van der Waals surface area contributed by atoms with Gasteiger partial charge in [0.1, 0.15) is 17.8 Å². The van der Waals surface area contributed by atoms with Gasteiger partial charge in [-0.1, -0.05) is 49.6 Å². The number of halogens is 3. The van der Waals surface area contributed by atoms with Gasteiger partial charge in [-0.25, -0.2) is 4.68 Å². The van der Waals surface area contributed by atoms with Gasteiger partial charge in [-0.2, -0.15) is 23.1 Å². The van der Waals surface area contributed by atoms with Crippen LogP contribution in [0.2, 0.25) is 0 Å². The third kappa shape index (κ3) is 4.23. The van der Waals surface area contributed by atoms with Crippen LogP contribution in [0, 0.1) is 0 Å². The van der Waals surface area contributed by atoms with Crippen molar-refractivity contribution in [3.63, 3.8) is 0 Å². The molecule has 2 aromatic heterocycles. The number of rotatable bonds is 6. The minimum atomic E-state index is -4.36. The quantitative estimate of drug-likeness (QED) is 0.594. The Hall–Kier alpha value is -3.24. The molecule has 0 spiro atoms. The van der Waals surface area contributed by atoms with Gasteiger partial charge in [-0.3, -0.25) is 4.79 Å². The van der Waals surface area contributed by atoms with Gasteiger partial charge in [0.05, 0.1) is 11.7 Å². The minimum absolute atomic E-state index is 0.0129. The molecule has 0 bridgehead atoms. The summed E-state index contributed by atoms with van der Waals surface area (Å²) < 4.78 is 42.7. The van der Waals surface area contributed by atoms with Crippen molar-refractivity contribution in [2.45, 2.75) is 69.1 Å². The van der Waals surface area contributed by atoms with E-state index < -0.39 is 17.5 Å². The molecule has 2 aliphatic carbocycles. The molecule has 2 heterocycles. The second kappa shape index (κ2) is 8.27. The zero-order valence-electron chi connectivity index (χ0n) is 17.9. The highest BCUT2D eigenvalue weighted by Crippen LogP contribution is 2.58. The summed E-state index contributed by atoms with van der Waals surface area (Å²) >= 11 is 0. The summed E-state index contributed by atoms with van der Waals surface area (Å²) in [5.41, 5.74) is -1.14. The number of amides is 1. The highest BCUT2D eigenvalue weighted by Gasteiger charge is 2.66. The average molecular weight is 459 g/mol. The van der Waals surface area contributed by atoms with Crippen LogP contribution in [0.4, 0.5) is 19.0 Å². The number of aromatic nitrogens is 6. The van der Waals surface area contributed by atoms with Gasteiger partial charge in [0.25, 0.3) is 0 Å². The van der Waals surface area contributed by atoms with Crippen molar-refractivity contribution in [1.29, 1.82) is 0 Å². The molecule has 174 valence electrons. The summed E-state index contributed by atoms with van der Waals surface area (Å²) in [7, 11) is 0. The van der Waals surface area contributed by atoms with Crippen LogP contribution in [0.15, 0.2) is 36.4 Å². The van der Waals surface area contributed by atoms with E-state index in [0.29, 0.717) is 11.6 Å². The van der Waals surface area contributed by atoms with Crippen LogP contribution >= 0.6 is 0 Å². The molecule has 5 rings (SSSR count). The number of nitrogens with zero attached hydrogens (tertiary/aromatic N) is 6. The lowest BCUT2D eigenvalue weighted by atomic mass is 9.96. The lowest BCUT2D eigenvalue weighted by Crippen LogP contribution is -2.29. The zero-order valence-corrected chi connectivity index (χ0v) is 17.9. The molecule has 1 N–H and O–H groups in total. The van der Waals surface area contributed by atoms with Crippen molar-refractivity contribution >= 4 is 11.7 Å². The molecular formula is C22H24F3N7O. The number of carbonyl (C=O) groups excluding carboxylic acids is 1. The number of hydrogen-bond donors (Lipinski definition) is 1. The minimum Gasteiger partial charge on any atom is -0.309 e. The first-order valence-corrected chi connectivity index (χ1v) is 11.2. The molecule has 2 saturated carbocycles. The molecular weight excluding hydrogens is 435 g/mol. The first-order chi connectivity index (χ1) is 15.9. The van der Waals surface area contributed by atoms with Crippen molar-refractivity contribution in [2.24, 2.45) is 0 Å². The Morgan fingerprint density at radius 1 is 1.09 bits per heavy atom. The van der Waals surface area contributed by atoms with Crippen molar-refractivity contribution in [1.82, 2.24) is 30.0 Å². The van der Waals surface area contributed by atoms with E-state index >= 15 is 0 Å². The predicted molar refractivity (Wildman–Crippen MR) is 113 cm³/mol. The molecule has 2 aliphatic rings. The van der Waals surface area contributed by atoms with Crippen LogP contribution in [-0.4, -0.2) is 42.1 Å². The van der Waals surface area contributed by atoms with E-state index in [-0.39, 0.29) is 31.1 Å². The fraction of sp³-hybridized carbons (Fsp3) is 0.500. The molecule has 0 unspecified atom stereocenters. The number of hydrogen-bond acceptors (Lipinski definition) is 5. The molecule has 2 fully saturated rings. The van der Waals surface area contributed by atoms with Gasteiger partial charge in [-0.05, 0) is 30.9 Å². The SMILES string of the molecule is O=C(Cn1nnc(-c2ccccc2)n1)Nc1cc(C2(C(F)(F)F)CC2)nn1C1CCCCC1. The van der Waals surface area contributed by atoms with E-state index in [1.54, 1.807) is 4.68 Å². The van der Waals surface area contributed by atoms with E-state index in [1.165, 1.54) is 6.07 Å². The molecule has 0 aliphatic heterocycles. The summed E-state index contributed by atoms with van der Waals surface area (Å²) in [6.07, 6.45) is 0.417. The topological polar surface area (TPSA) is 90.5 Å². The molecule has 33 heavy (non-hydrogen) atoms. The Balaban J connectivity index is 1.36. The summed E-state index contributed by atoms with van der Waals surface area (Å²) in [6, 6.07) is 10.6. The number of anilines is 1. The Labute approximate surface area is 188 Å². The standard InChI is InChI=1S/C22H24F3N7O/c23-22(24,25)21(11-12-21)17-13-18(32(28-17)16-9-5-2-6-10-16)26-19(33)14-31-29-20(27-30-31)15-7-3-1-4-8-15/h1,3-4,7-8,13,16H,2,5-6,9-12,14H2,(H,26,33). The number of alkyl halides is 3. The number of nitrogens with one attached hydrogen (secondary N) is 1. The second-order valence-electron chi connectivity index (χ2n) is 8.79. The highest BCUT2D eigenvalue weighted by molar-refractivity contribution is 5.89. The molecule has 11 heteroatoms. The van der Waals surface area contributed by atoms with Crippen LogP contribution in [0.5, 0.6) is 0 Å². The van der Waals surface area contributed by atoms with Crippen molar-refractivity contribution < 1.29 is 18.0 Å². The predicted octanol–water partition coefficient (Wildman–Crippen LogP) is 4.27. The number of benzene rings is 1. The van der Waals surface area contributed by atoms with Gasteiger partial charge in [-0.15, -0.1) is 10.2 Å². The fourth-order valence-electron chi connectivity index (χ4n) is 4.46. The zero-order chi connectivity index (χ0) is 23.1. The lowest BCUT2D eigenvalue weighted by Gasteiger charge is -2.24. The highest BCUT2D eigenvalue weighted by atomic mass is 19.4. The van der Waals surface area contributed by atoms with Gasteiger partial charge in [0, 0.05) is 11.6 Å². The Morgan fingerprint density at radius 3 is 2.48 bits per heavy atom. The maximum Gasteiger partial charge on any atom is 0.400 e. The van der Waals surface area contributed by atoms with E-state index in [2.05, 4.69) is 25.8 Å². The Morgan fingerprint density at radius 2 is 1.82 bits per heavy atom. The molecule has 0 atom stereocenters. The normalized spacial score (nSPS) is 18.3. The summed E-state index contributed by atoms with van der Waals surface area (Å²) in [5, 5.41) is 19.2. The number of carbonyl (C=O) groups is 1. The Bertz CT molecular complexity index is 1130. The molecule has 8 nitrogen and oxygen atoms in total. The van der Waals surface area contributed by atoms with Gasteiger partial charge >= 0.3 is 6.18 Å². The van der Waals surface area contributed by atoms with Gasteiger partial charge in [0.15, 0.2) is 0 Å². The van der Waals surface area contributed by atoms with Crippen molar-refractivity contribution in [3.05, 3.63) is 42.1 Å². The van der Waals surface area contributed by atoms with Crippen molar-refractivity contribution in [2.75, 3.05) is 5.32 Å². The lowest BCUT2D eigenvalue weighted by molar-refractivity contribution is -0.161.